The number of hydrogen-bond donors (Lipinski definition) is 1. The largest absolute Gasteiger partial charge is 0.490 e. The van der Waals surface area contributed by atoms with E-state index >= 15 is 0 Å². The third kappa shape index (κ3) is 11.7. The van der Waals surface area contributed by atoms with E-state index in [-0.39, 0.29) is 47.2 Å². The van der Waals surface area contributed by atoms with E-state index in [1.54, 1.807) is 41.5 Å². The molecule has 1 heterocycles. The molecule has 1 aromatic rings. The lowest BCUT2D eigenvalue weighted by Crippen LogP contribution is -2.26. The van der Waals surface area contributed by atoms with E-state index < -0.39 is 16.1 Å². The summed E-state index contributed by atoms with van der Waals surface area (Å²) in [6.45, 7) is 10.7. The van der Waals surface area contributed by atoms with Gasteiger partial charge in [0.15, 0.2) is 0 Å². The lowest BCUT2D eigenvalue weighted by Gasteiger charge is -2.21. The maximum Gasteiger partial charge on any atom is 0.352 e. The Kier molecular flexibility index (Phi) is 9.82. The molecule has 0 radical (unpaired) electrons. The summed E-state index contributed by atoms with van der Waals surface area (Å²) >= 11 is 5.51. The van der Waals surface area contributed by atoms with Gasteiger partial charge in [-0.3, -0.25) is 19.7 Å². The number of nitrogens with zero attached hydrogens (tertiary/aromatic N) is 2. The molecular formula is C18H28ClN3O7. The van der Waals surface area contributed by atoms with Gasteiger partial charge in [0, 0.05) is 6.07 Å². The van der Waals surface area contributed by atoms with Crippen LogP contribution < -0.4 is 10.5 Å². The number of nitrogens with two attached hydrogens (primary N) is 1. The van der Waals surface area contributed by atoms with Crippen molar-refractivity contribution in [1.82, 2.24) is 4.98 Å². The van der Waals surface area contributed by atoms with Gasteiger partial charge in [-0.15, -0.1) is 0 Å². The first kappa shape index (κ1) is 26.4. The summed E-state index contributed by atoms with van der Waals surface area (Å²) in [5.74, 6) is -1.01. The molecule has 1 rings (SSSR count). The third-order valence-corrected chi connectivity index (χ3v) is 2.92. The number of methoxy groups -OCH3 is 1. The van der Waals surface area contributed by atoms with Crippen LogP contribution >= 0.6 is 11.6 Å². The smallest absolute Gasteiger partial charge is 0.352 e. The van der Waals surface area contributed by atoms with Gasteiger partial charge in [0.05, 0.1) is 24.9 Å². The maximum atomic E-state index is 11.3. The van der Waals surface area contributed by atoms with E-state index in [0.717, 1.165) is 0 Å². The Hall–Kier alpha value is -2.62. The molecule has 0 aliphatic rings. The molecule has 164 valence electrons. The van der Waals surface area contributed by atoms with E-state index in [0.29, 0.717) is 0 Å². The highest BCUT2D eigenvalue weighted by Gasteiger charge is 2.21. The van der Waals surface area contributed by atoms with Crippen LogP contribution in [0.4, 0.5) is 11.5 Å². The molecule has 0 saturated carbocycles. The predicted octanol–water partition coefficient (Wildman–Crippen LogP) is 3.68. The van der Waals surface area contributed by atoms with E-state index in [4.69, 9.17) is 31.5 Å². The standard InChI is InChI=1S/C12H22O4.C6H6ClN3O3/c1-11(2,3)15-9(13)7-8-10(14)16-12(4,5)6;1-13-3-2-4(7)9-6(8)5(3)10(11)12/h7-8H2,1-6H3;2H,1H3,(H2,8,9). The number of ether oxygens (including phenoxy) is 3. The van der Waals surface area contributed by atoms with Crippen molar-refractivity contribution < 1.29 is 28.7 Å². The van der Waals surface area contributed by atoms with Crippen molar-refractivity contribution in [1.29, 1.82) is 0 Å². The number of nitro groups is 1. The highest BCUT2D eigenvalue weighted by Crippen LogP contribution is 2.33. The van der Waals surface area contributed by atoms with Crippen molar-refractivity contribution >= 4 is 35.0 Å². The zero-order valence-electron chi connectivity index (χ0n) is 17.7. The van der Waals surface area contributed by atoms with Crippen LogP contribution in [-0.4, -0.2) is 40.2 Å². The van der Waals surface area contributed by atoms with Crippen LogP contribution in [0, 0.1) is 10.1 Å². The number of rotatable bonds is 5. The van der Waals surface area contributed by atoms with Crippen LogP contribution in [0.15, 0.2) is 6.07 Å². The summed E-state index contributed by atoms with van der Waals surface area (Å²) in [4.78, 5) is 35.9. The minimum Gasteiger partial charge on any atom is -0.490 e. The van der Waals surface area contributed by atoms with Crippen molar-refractivity contribution in [2.24, 2.45) is 0 Å². The van der Waals surface area contributed by atoms with Crippen LogP contribution in [0.25, 0.3) is 0 Å². The second-order valence-corrected chi connectivity index (χ2v) is 8.20. The van der Waals surface area contributed by atoms with Crippen LogP contribution in [0.1, 0.15) is 54.4 Å². The first-order valence-corrected chi connectivity index (χ1v) is 9.01. The van der Waals surface area contributed by atoms with Crippen molar-refractivity contribution in [3.8, 4) is 5.75 Å². The highest BCUT2D eigenvalue weighted by molar-refractivity contribution is 6.29. The predicted molar refractivity (Wildman–Crippen MR) is 108 cm³/mol. The lowest BCUT2D eigenvalue weighted by molar-refractivity contribution is -0.385. The molecule has 0 atom stereocenters. The molecule has 0 aliphatic carbocycles. The molecule has 0 bridgehead atoms. The number of hydrogen-bond acceptors (Lipinski definition) is 9. The Labute approximate surface area is 174 Å². The maximum absolute atomic E-state index is 11.3. The molecule has 0 spiro atoms. The van der Waals surface area contributed by atoms with Gasteiger partial charge in [-0.25, -0.2) is 4.98 Å². The average Bonchev–Trinajstić information content (AvgIpc) is 2.49. The number of aromatic nitrogens is 1. The first-order chi connectivity index (χ1) is 13.1. The first-order valence-electron chi connectivity index (χ1n) is 8.64. The minimum absolute atomic E-state index is 0.00231. The zero-order chi connectivity index (χ0) is 23.0. The Bertz CT molecular complexity index is 712. The fourth-order valence-corrected chi connectivity index (χ4v) is 2.02. The molecule has 0 unspecified atom stereocenters. The van der Waals surface area contributed by atoms with Gasteiger partial charge in [-0.05, 0) is 41.5 Å². The van der Waals surface area contributed by atoms with Crippen LogP contribution in [0.3, 0.4) is 0 Å². The summed E-state index contributed by atoms with van der Waals surface area (Å²) in [5, 5.41) is 10.5. The van der Waals surface area contributed by atoms with E-state index in [9.17, 15) is 19.7 Å². The number of carbonyl (C=O) groups is 2. The van der Waals surface area contributed by atoms with Gasteiger partial charge in [0.1, 0.15) is 16.4 Å². The topological polar surface area (TPSA) is 144 Å². The van der Waals surface area contributed by atoms with Gasteiger partial charge in [-0.1, -0.05) is 11.6 Å². The van der Waals surface area contributed by atoms with Gasteiger partial charge < -0.3 is 19.9 Å². The summed E-state index contributed by atoms with van der Waals surface area (Å²) in [6, 6.07) is 1.23. The summed E-state index contributed by atoms with van der Waals surface area (Å²) in [7, 11) is 1.29. The molecule has 11 heteroatoms. The number of halogens is 1. The van der Waals surface area contributed by atoms with E-state index in [1.807, 2.05) is 0 Å². The molecular weight excluding hydrogens is 406 g/mol. The number of carbonyl (C=O) groups excluding carboxylic acids is 2. The molecule has 0 aromatic carbocycles. The zero-order valence-corrected chi connectivity index (χ0v) is 18.5. The third-order valence-electron chi connectivity index (χ3n) is 2.73. The molecule has 0 amide bonds. The van der Waals surface area contributed by atoms with Crippen molar-refractivity contribution in [2.75, 3.05) is 12.8 Å². The SMILES string of the molecule is CC(C)(C)OC(=O)CCC(=O)OC(C)(C)C.COc1cc(Cl)nc(N)c1[N+](=O)[O-]. The Morgan fingerprint density at radius 2 is 1.52 bits per heavy atom. The van der Waals surface area contributed by atoms with E-state index in [2.05, 4.69) is 4.98 Å². The monoisotopic (exact) mass is 433 g/mol. The Balaban J connectivity index is 0.000000551. The van der Waals surface area contributed by atoms with Gasteiger partial charge in [-0.2, -0.15) is 0 Å². The molecule has 0 saturated heterocycles. The molecule has 10 nitrogen and oxygen atoms in total. The Morgan fingerprint density at radius 3 is 1.83 bits per heavy atom. The fourth-order valence-electron chi connectivity index (χ4n) is 1.83. The minimum atomic E-state index is -0.669. The van der Waals surface area contributed by atoms with Gasteiger partial charge in [0.25, 0.3) is 0 Å². The van der Waals surface area contributed by atoms with Crippen LogP contribution in [0.2, 0.25) is 5.15 Å². The lowest BCUT2D eigenvalue weighted by atomic mass is 10.2. The van der Waals surface area contributed by atoms with Crippen molar-refractivity contribution in [3.05, 3.63) is 21.3 Å². The van der Waals surface area contributed by atoms with Crippen molar-refractivity contribution in [3.63, 3.8) is 0 Å². The quantitative estimate of drug-likeness (QED) is 0.318. The van der Waals surface area contributed by atoms with Crippen LogP contribution in [0.5, 0.6) is 5.75 Å². The number of esters is 2. The molecule has 1 aromatic heterocycles. The number of anilines is 1. The average molecular weight is 434 g/mol. The second-order valence-electron chi connectivity index (χ2n) is 7.81. The normalized spacial score (nSPS) is 11.0. The number of nitrogen functional groups attached to an aromatic ring is 1. The number of pyridine rings is 1. The molecule has 0 aliphatic heterocycles. The fraction of sp³-hybridized carbons (Fsp3) is 0.611. The summed E-state index contributed by atoms with van der Waals surface area (Å²) < 4.78 is 14.9. The molecule has 2 N–H and O–H groups in total. The molecule has 0 fully saturated rings. The van der Waals surface area contributed by atoms with Gasteiger partial charge >= 0.3 is 17.6 Å². The van der Waals surface area contributed by atoms with Crippen molar-refractivity contribution in [2.45, 2.75) is 65.6 Å². The van der Waals surface area contributed by atoms with Crippen LogP contribution in [-0.2, 0) is 19.1 Å². The van der Waals surface area contributed by atoms with E-state index in [1.165, 1.54) is 13.2 Å². The summed E-state index contributed by atoms with van der Waals surface area (Å²) in [5.41, 5.74) is 3.90. The second kappa shape index (κ2) is 10.8. The highest BCUT2D eigenvalue weighted by atomic mass is 35.5. The summed E-state index contributed by atoms with van der Waals surface area (Å²) in [6.07, 6.45) is 0.123. The molecule has 29 heavy (non-hydrogen) atoms. The Morgan fingerprint density at radius 1 is 1.10 bits per heavy atom. The van der Waals surface area contributed by atoms with Gasteiger partial charge in [0.2, 0.25) is 11.6 Å².